The number of aliphatic hydroxyl groups excluding tert-OH is 2. The lowest BCUT2D eigenvalue weighted by Gasteiger charge is -2.23. The molecule has 106 valence electrons. The molecule has 1 aromatic heterocycles. The van der Waals surface area contributed by atoms with Gasteiger partial charge in [0.05, 0.1) is 10.2 Å². The zero-order valence-corrected chi connectivity index (χ0v) is 11.4. The molecule has 1 aromatic rings. The van der Waals surface area contributed by atoms with E-state index in [4.69, 9.17) is 9.84 Å². The van der Waals surface area contributed by atoms with Gasteiger partial charge in [0, 0.05) is 6.20 Å². The summed E-state index contributed by atoms with van der Waals surface area (Å²) in [4.78, 5) is 24.7. The zero-order valence-electron chi connectivity index (χ0n) is 9.29. The Labute approximate surface area is 118 Å². The molecule has 0 spiro atoms. The van der Waals surface area contributed by atoms with Gasteiger partial charge in [-0.1, -0.05) is 0 Å². The summed E-state index contributed by atoms with van der Waals surface area (Å²) in [5.41, 5.74) is -1.67. The molecule has 8 nitrogen and oxygen atoms in total. The third kappa shape index (κ3) is 2.33. The summed E-state index contributed by atoms with van der Waals surface area (Å²) >= 11 is 1.61. The van der Waals surface area contributed by atoms with E-state index in [1.165, 1.54) is 0 Å². The topological polar surface area (TPSA) is 125 Å². The third-order valence-corrected chi connectivity index (χ3v) is 3.54. The minimum absolute atomic E-state index is 0.0681. The highest BCUT2D eigenvalue weighted by Crippen LogP contribution is 2.38. The van der Waals surface area contributed by atoms with Gasteiger partial charge in [0.15, 0.2) is 6.23 Å². The highest BCUT2D eigenvalue weighted by molar-refractivity contribution is 14.1. The smallest absolute Gasteiger partial charge is 0.330 e. The second-order valence-electron chi connectivity index (χ2n) is 4.03. The standard InChI is InChI=1S/C9H10FIN2O6/c10-9(18)5(15)4(2-14)19-7(9)13-1-3(11)6(16)12-8(13)17/h1,4-5,7,14-15,18H,2H2,(H,12,16,17)/t4-,5-,7+,9+/m1/s1. The minimum atomic E-state index is -3.27. The van der Waals surface area contributed by atoms with Crippen molar-refractivity contribution in [1.29, 1.82) is 0 Å². The van der Waals surface area contributed by atoms with Gasteiger partial charge in [0.2, 0.25) is 0 Å². The van der Waals surface area contributed by atoms with Crippen LogP contribution in [0.1, 0.15) is 6.23 Å². The Morgan fingerprint density at radius 3 is 2.74 bits per heavy atom. The lowest BCUT2D eigenvalue weighted by molar-refractivity contribution is -0.197. The molecule has 1 fully saturated rings. The van der Waals surface area contributed by atoms with Gasteiger partial charge in [-0.3, -0.25) is 14.3 Å². The van der Waals surface area contributed by atoms with E-state index in [-0.39, 0.29) is 3.57 Å². The summed E-state index contributed by atoms with van der Waals surface area (Å²) in [7, 11) is 0. The van der Waals surface area contributed by atoms with Crippen LogP contribution < -0.4 is 11.2 Å². The van der Waals surface area contributed by atoms with E-state index in [0.29, 0.717) is 4.57 Å². The Balaban J connectivity index is 2.51. The summed E-state index contributed by atoms with van der Waals surface area (Å²) < 4.78 is 19.6. The summed E-state index contributed by atoms with van der Waals surface area (Å²) in [6.07, 6.45) is -4.27. The molecule has 0 aromatic carbocycles. The number of aromatic nitrogens is 2. The highest BCUT2D eigenvalue weighted by Gasteiger charge is 2.57. The second-order valence-corrected chi connectivity index (χ2v) is 5.19. The number of rotatable bonds is 2. The monoisotopic (exact) mass is 388 g/mol. The number of alkyl halides is 1. The average Bonchev–Trinajstić information content (AvgIpc) is 2.56. The first-order valence-electron chi connectivity index (χ1n) is 5.15. The molecule has 0 amide bonds. The molecule has 0 bridgehead atoms. The highest BCUT2D eigenvalue weighted by atomic mass is 127. The molecule has 19 heavy (non-hydrogen) atoms. The molecule has 1 saturated heterocycles. The third-order valence-electron chi connectivity index (χ3n) is 2.77. The maximum absolute atomic E-state index is 14.0. The van der Waals surface area contributed by atoms with Gasteiger partial charge in [-0.15, -0.1) is 0 Å². The fraction of sp³-hybridized carbons (Fsp3) is 0.556. The van der Waals surface area contributed by atoms with Gasteiger partial charge in [0.25, 0.3) is 11.4 Å². The van der Waals surface area contributed by atoms with Crippen molar-refractivity contribution in [2.45, 2.75) is 24.3 Å². The number of hydrogen-bond acceptors (Lipinski definition) is 6. The van der Waals surface area contributed by atoms with E-state index >= 15 is 0 Å². The first-order valence-corrected chi connectivity index (χ1v) is 6.23. The fourth-order valence-electron chi connectivity index (χ4n) is 1.78. The van der Waals surface area contributed by atoms with Crippen LogP contribution in [0.25, 0.3) is 0 Å². The van der Waals surface area contributed by atoms with Crippen molar-refractivity contribution in [3.63, 3.8) is 0 Å². The average molecular weight is 388 g/mol. The van der Waals surface area contributed by atoms with Crippen LogP contribution in [0.2, 0.25) is 0 Å². The number of aliphatic hydroxyl groups is 3. The van der Waals surface area contributed by atoms with Crippen molar-refractivity contribution in [3.8, 4) is 0 Å². The molecule has 10 heteroatoms. The molecule has 1 aliphatic rings. The Hall–Kier alpha value is -0.820. The number of H-pyrrole nitrogens is 1. The van der Waals surface area contributed by atoms with Crippen LogP contribution >= 0.6 is 22.6 Å². The van der Waals surface area contributed by atoms with Gasteiger partial charge >= 0.3 is 5.69 Å². The van der Waals surface area contributed by atoms with Gasteiger partial charge in [-0.2, -0.15) is 0 Å². The molecule has 4 N–H and O–H groups in total. The maximum Gasteiger partial charge on any atom is 0.330 e. The molecule has 2 rings (SSSR count). The van der Waals surface area contributed by atoms with Crippen molar-refractivity contribution >= 4 is 22.6 Å². The molecule has 0 saturated carbocycles. The van der Waals surface area contributed by atoms with Crippen LogP contribution in [0.4, 0.5) is 4.39 Å². The Bertz CT molecular complexity index is 599. The predicted molar refractivity (Wildman–Crippen MR) is 67.1 cm³/mol. The molecule has 0 radical (unpaired) electrons. The van der Waals surface area contributed by atoms with Crippen LogP contribution in [0.3, 0.4) is 0 Å². The molecule has 0 aliphatic carbocycles. The molecular formula is C9H10FIN2O6. The van der Waals surface area contributed by atoms with Crippen LogP contribution in [-0.4, -0.2) is 49.5 Å². The summed E-state index contributed by atoms with van der Waals surface area (Å²) in [5, 5.41) is 27.9. The molecule has 4 atom stereocenters. The molecular weight excluding hydrogens is 378 g/mol. The molecule has 1 aliphatic heterocycles. The number of hydrogen-bond donors (Lipinski definition) is 4. The van der Waals surface area contributed by atoms with Gasteiger partial charge in [-0.25, -0.2) is 9.18 Å². The van der Waals surface area contributed by atoms with E-state index in [2.05, 4.69) is 0 Å². The van der Waals surface area contributed by atoms with E-state index in [1.54, 1.807) is 22.6 Å². The van der Waals surface area contributed by atoms with E-state index in [0.717, 1.165) is 6.20 Å². The van der Waals surface area contributed by atoms with Gasteiger partial charge in [-0.05, 0) is 22.6 Å². The van der Waals surface area contributed by atoms with Crippen LogP contribution in [-0.2, 0) is 4.74 Å². The minimum Gasteiger partial charge on any atom is -0.394 e. The first kappa shape index (κ1) is 14.6. The number of aromatic amines is 1. The Morgan fingerprint density at radius 1 is 1.58 bits per heavy atom. The van der Waals surface area contributed by atoms with E-state index in [9.17, 15) is 24.2 Å². The molecule has 0 unspecified atom stereocenters. The quantitative estimate of drug-likeness (QED) is 0.437. The summed E-state index contributed by atoms with van der Waals surface area (Å²) in [5.74, 6) is -3.27. The number of nitrogens with one attached hydrogen (secondary N) is 1. The zero-order chi connectivity index (χ0) is 14.4. The summed E-state index contributed by atoms with van der Waals surface area (Å²) in [6, 6.07) is 0. The second kappa shape index (κ2) is 4.94. The van der Waals surface area contributed by atoms with Gasteiger partial charge in [0.1, 0.15) is 12.2 Å². The lowest BCUT2D eigenvalue weighted by Crippen LogP contribution is -2.46. The number of nitrogens with zero attached hydrogens (tertiary/aromatic N) is 1. The largest absolute Gasteiger partial charge is 0.394 e. The summed E-state index contributed by atoms with van der Waals surface area (Å²) in [6.45, 7) is -0.737. The number of ether oxygens (including phenoxy) is 1. The van der Waals surface area contributed by atoms with E-state index in [1.807, 2.05) is 4.98 Å². The first-order chi connectivity index (χ1) is 8.78. The van der Waals surface area contributed by atoms with Crippen molar-refractivity contribution < 1.29 is 24.4 Å². The van der Waals surface area contributed by atoms with Crippen molar-refractivity contribution in [3.05, 3.63) is 30.6 Å². The maximum atomic E-state index is 14.0. The van der Waals surface area contributed by atoms with Crippen LogP contribution in [0.5, 0.6) is 0 Å². The Morgan fingerprint density at radius 2 is 2.21 bits per heavy atom. The fourth-order valence-corrected chi connectivity index (χ4v) is 2.22. The molecule has 2 heterocycles. The van der Waals surface area contributed by atoms with E-state index < -0.39 is 42.1 Å². The number of halogens is 2. The lowest BCUT2D eigenvalue weighted by atomic mass is 10.1. The van der Waals surface area contributed by atoms with Crippen molar-refractivity contribution in [2.24, 2.45) is 0 Å². The predicted octanol–water partition coefficient (Wildman–Crippen LogP) is -1.95. The van der Waals surface area contributed by atoms with Crippen LogP contribution in [0, 0.1) is 3.57 Å². The Kier molecular flexibility index (Phi) is 3.79. The van der Waals surface area contributed by atoms with Gasteiger partial charge < -0.3 is 20.1 Å². The SMILES string of the molecule is O=c1[nH]c(=O)n([C@H]2O[C@H](CO)[C@@H](O)[C@@]2(O)F)cc1I. The van der Waals surface area contributed by atoms with Crippen molar-refractivity contribution in [2.75, 3.05) is 6.61 Å². The van der Waals surface area contributed by atoms with Crippen molar-refractivity contribution in [1.82, 2.24) is 9.55 Å². The van der Waals surface area contributed by atoms with Crippen LogP contribution in [0.15, 0.2) is 15.8 Å². The normalized spacial score (nSPS) is 34.7.